The number of nitrogens with one attached hydrogen (secondary N) is 1. The second-order valence-corrected chi connectivity index (χ2v) is 4.97. The molecule has 1 unspecified atom stereocenters. The quantitative estimate of drug-likeness (QED) is 0.503. The summed E-state index contributed by atoms with van der Waals surface area (Å²) < 4.78 is 0. The van der Waals surface area contributed by atoms with Gasteiger partial charge in [-0.1, -0.05) is 17.7 Å². The van der Waals surface area contributed by atoms with Gasteiger partial charge in [0.1, 0.15) is 5.82 Å². The normalized spacial score (nSPS) is 12.5. The number of fused-ring (bicyclic) bond motifs is 1. The molecule has 0 aliphatic rings. The fourth-order valence-corrected chi connectivity index (χ4v) is 2.39. The average Bonchev–Trinajstić information content (AvgIpc) is 2.51. The van der Waals surface area contributed by atoms with Crippen LogP contribution in [0.25, 0.3) is 11.0 Å². The highest BCUT2D eigenvalue weighted by Gasteiger charge is 2.17. The number of nitrogens with two attached hydrogens (primary N) is 2. The molecule has 7 heteroatoms. The maximum Gasteiger partial charge on any atom is 0.128 e. The molecule has 106 valence electrons. The van der Waals surface area contributed by atoms with E-state index >= 15 is 0 Å². The van der Waals surface area contributed by atoms with Crippen molar-refractivity contribution >= 4 is 28.5 Å². The van der Waals surface area contributed by atoms with Crippen LogP contribution in [0.1, 0.15) is 17.2 Å². The van der Waals surface area contributed by atoms with E-state index in [2.05, 4.69) is 20.4 Å². The first-order valence-electron chi connectivity index (χ1n) is 6.27. The van der Waals surface area contributed by atoms with Crippen LogP contribution < -0.4 is 17.0 Å². The predicted octanol–water partition coefficient (Wildman–Crippen LogP) is 1.81. The molecule has 0 spiro atoms. The summed E-state index contributed by atoms with van der Waals surface area (Å²) in [5.41, 5.74) is 11.9. The van der Waals surface area contributed by atoms with Crippen LogP contribution in [0, 0.1) is 0 Å². The van der Waals surface area contributed by atoms with Gasteiger partial charge in [-0.2, -0.15) is 0 Å². The molecule has 3 aromatic rings. The number of rotatable bonds is 3. The molecule has 2 aromatic heterocycles. The van der Waals surface area contributed by atoms with E-state index in [9.17, 15) is 0 Å². The summed E-state index contributed by atoms with van der Waals surface area (Å²) in [4.78, 5) is 12.6. The fraction of sp³-hybridized carbons (Fsp3) is 0.0714. The third-order valence-electron chi connectivity index (χ3n) is 3.22. The largest absolute Gasteiger partial charge is 0.383 e. The van der Waals surface area contributed by atoms with Crippen LogP contribution >= 0.6 is 11.6 Å². The molecule has 5 N–H and O–H groups in total. The summed E-state index contributed by atoms with van der Waals surface area (Å²) in [6.07, 6.45) is 4.80. The van der Waals surface area contributed by atoms with Crippen molar-refractivity contribution in [3.05, 3.63) is 59.0 Å². The molecule has 2 heterocycles. The number of halogens is 1. The van der Waals surface area contributed by atoms with Gasteiger partial charge in [-0.05, 0) is 23.8 Å². The lowest BCUT2D eigenvalue weighted by Crippen LogP contribution is -2.29. The summed E-state index contributed by atoms with van der Waals surface area (Å²) in [6, 6.07) is 7.13. The first kappa shape index (κ1) is 13.7. The molecule has 3 rings (SSSR count). The van der Waals surface area contributed by atoms with Gasteiger partial charge >= 0.3 is 0 Å². The van der Waals surface area contributed by atoms with Crippen molar-refractivity contribution < 1.29 is 0 Å². The Morgan fingerprint density at radius 1 is 1.05 bits per heavy atom. The Bertz CT molecular complexity index is 791. The number of hydrogen-bond donors (Lipinski definition) is 3. The fourth-order valence-electron chi connectivity index (χ4n) is 2.22. The Labute approximate surface area is 126 Å². The molecule has 0 aliphatic heterocycles. The van der Waals surface area contributed by atoms with Crippen molar-refractivity contribution in [1.29, 1.82) is 0 Å². The number of nitrogens with zero attached hydrogens (tertiary/aromatic N) is 3. The average molecular weight is 301 g/mol. The Hall–Kier alpha value is -2.28. The van der Waals surface area contributed by atoms with Crippen LogP contribution in [0.5, 0.6) is 0 Å². The lowest BCUT2D eigenvalue weighted by atomic mass is 9.99. The Balaban J connectivity index is 2.11. The van der Waals surface area contributed by atoms with Gasteiger partial charge in [0.2, 0.25) is 0 Å². The molecule has 21 heavy (non-hydrogen) atoms. The van der Waals surface area contributed by atoms with Gasteiger partial charge in [-0.15, -0.1) is 0 Å². The minimum absolute atomic E-state index is 0.331. The van der Waals surface area contributed by atoms with Crippen LogP contribution in [0.3, 0.4) is 0 Å². The molecule has 6 nitrogen and oxygen atoms in total. The topological polar surface area (TPSA) is 103 Å². The lowest BCUT2D eigenvalue weighted by molar-refractivity contribution is 0.637. The van der Waals surface area contributed by atoms with Crippen molar-refractivity contribution in [3.8, 4) is 0 Å². The van der Waals surface area contributed by atoms with Gasteiger partial charge in [-0.25, -0.2) is 10.4 Å². The molecule has 0 bridgehead atoms. The van der Waals surface area contributed by atoms with E-state index in [0.717, 1.165) is 16.6 Å². The molecular formula is C14H13ClN6. The lowest BCUT2D eigenvalue weighted by Gasteiger charge is -2.18. The van der Waals surface area contributed by atoms with E-state index in [4.69, 9.17) is 23.2 Å². The van der Waals surface area contributed by atoms with Crippen molar-refractivity contribution in [3.63, 3.8) is 0 Å². The van der Waals surface area contributed by atoms with Gasteiger partial charge < -0.3 is 5.73 Å². The Kier molecular flexibility index (Phi) is 3.66. The number of hydrazine groups is 1. The van der Waals surface area contributed by atoms with Crippen molar-refractivity contribution in [2.45, 2.75) is 6.04 Å². The number of hydrogen-bond acceptors (Lipinski definition) is 6. The molecule has 0 aliphatic carbocycles. The number of aromatic nitrogens is 3. The minimum Gasteiger partial charge on any atom is -0.383 e. The van der Waals surface area contributed by atoms with E-state index in [-0.39, 0.29) is 6.04 Å². The standard InChI is InChI=1S/C14H13ClN6/c15-9-6-10(14(16)20-7-9)13(21-17)8-1-2-11-12(5-8)19-4-3-18-11/h1-7,13,21H,17H2,(H2,16,20). The van der Waals surface area contributed by atoms with E-state index in [0.29, 0.717) is 16.4 Å². The van der Waals surface area contributed by atoms with Crippen LogP contribution in [0.2, 0.25) is 5.02 Å². The zero-order valence-corrected chi connectivity index (χ0v) is 11.7. The summed E-state index contributed by atoms with van der Waals surface area (Å²) in [7, 11) is 0. The second-order valence-electron chi connectivity index (χ2n) is 4.53. The highest BCUT2D eigenvalue weighted by atomic mass is 35.5. The van der Waals surface area contributed by atoms with Crippen LogP contribution in [-0.2, 0) is 0 Å². The molecule has 0 fully saturated rings. The first-order valence-corrected chi connectivity index (χ1v) is 6.64. The molecule has 0 amide bonds. The highest BCUT2D eigenvalue weighted by Crippen LogP contribution is 2.28. The van der Waals surface area contributed by atoms with Crippen LogP contribution in [-0.4, -0.2) is 15.0 Å². The molecular weight excluding hydrogens is 288 g/mol. The molecule has 0 radical (unpaired) electrons. The maximum atomic E-state index is 5.99. The van der Waals surface area contributed by atoms with Crippen molar-refractivity contribution in [1.82, 2.24) is 20.4 Å². The smallest absolute Gasteiger partial charge is 0.128 e. The summed E-state index contributed by atoms with van der Waals surface area (Å²) in [6.45, 7) is 0. The molecule has 1 aromatic carbocycles. The number of benzene rings is 1. The minimum atomic E-state index is -0.331. The van der Waals surface area contributed by atoms with E-state index in [1.54, 1.807) is 18.5 Å². The van der Waals surface area contributed by atoms with Gasteiger partial charge in [0, 0.05) is 24.2 Å². The Morgan fingerprint density at radius 2 is 1.81 bits per heavy atom. The molecule has 0 saturated heterocycles. The van der Waals surface area contributed by atoms with Crippen LogP contribution in [0.4, 0.5) is 5.82 Å². The number of anilines is 1. The second kappa shape index (κ2) is 5.61. The summed E-state index contributed by atoms with van der Waals surface area (Å²) in [5, 5.41) is 0.500. The molecule has 0 saturated carbocycles. The predicted molar refractivity (Wildman–Crippen MR) is 82.4 cm³/mol. The zero-order chi connectivity index (χ0) is 14.8. The van der Waals surface area contributed by atoms with Crippen LogP contribution in [0.15, 0.2) is 42.9 Å². The zero-order valence-electron chi connectivity index (χ0n) is 11.0. The summed E-state index contributed by atoms with van der Waals surface area (Å²) >= 11 is 5.99. The SMILES string of the molecule is NNC(c1ccc2nccnc2c1)c1cc(Cl)cnc1N. The van der Waals surface area contributed by atoms with E-state index < -0.39 is 0 Å². The molecule has 1 atom stereocenters. The third-order valence-corrected chi connectivity index (χ3v) is 3.43. The number of nitrogen functional groups attached to an aromatic ring is 1. The monoisotopic (exact) mass is 300 g/mol. The van der Waals surface area contributed by atoms with Gasteiger partial charge in [0.25, 0.3) is 0 Å². The van der Waals surface area contributed by atoms with Gasteiger partial charge in [0.05, 0.1) is 22.1 Å². The third kappa shape index (κ3) is 2.64. The van der Waals surface area contributed by atoms with Crippen molar-refractivity contribution in [2.24, 2.45) is 5.84 Å². The van der Waals surface area contributed by atoms with E-state index in [1.165, 1.54) is 6.20 Å². The Morgan fingerprint density at radius 3 is 2.57 bits per heavy atom. The number of pyridine rings is 1. The first-order chi connectivity index (χ1) is 10.2. The maximum absolute atomic E-state index is 5.99. The summed E-state index contributed by atoms with van der Waals surface area (Å²) in [5.74, 6) is 6.06. The highest BCUT2D eigenvalue weighted by molar-refractivity contribution is 6.30. The van der Waals surface area contributed by atoms with Gasteiger partial charge in [0.15, 0.2) is 0 Å². The van der Waals surface area contributed by atoms with Gasteiger partial charge in [-0.3, -0.25) is 15.8 Å². The van der Waals surface area contributed by atoms with E-state index in [1.807, 2.05) is 18.2 Å². The van der Waals surface area contributed by atoms with Crippen molar-refractivity contribution in [2.75, 3.05) is 5.73 Å².